The average Bonchev–Trinajstić information content (AvgIpc) is 2.28. The van der Waals surface area contributed by atoms with Crippen molar-refractivity contribution in [3.05, 3.63) is 29.8 Å². The molecule has 0 radical (unpaired) electrons. The van der Waals surface area contributed by atoms with Crippen molar-refractivity contribution in [2.24, 2.45) is 5.73 Å². The molecule has 5 heteroatoms. The van der Waals surface area contributed by atoms with Gasteiger partial charge in [0.05, 0.1) is 20.2 Å². The third-order valence-electron chi connectivity index (χ3n) is 2.25. The molecule has 2 N–H and O–H groups in total. The van der Waals surface area contributed by atoms with Gasteiger partial charge in [0.1, 0.15) is 5.75 Å². The molecule has 1 rings (SSSR count). The number of nitrogens with zero attached hydrogens (tertiary/aromatic N) is 1. The van der Waals surface area contributed by atoms with Crippen molar-refractivity contribution in [3.8, 4) is 5.75 Å². The zero-order valence-corrected chi connectivity index (χ0v) is 9.97. The molecule has 0 aromatic heterocycles. The fourth-order valence-electron chi connectivity index (χ4n) is 1.44. The maximum absolute atomic E-state index is 11.8. The van der Waals surface area contributed by atoms with Gasteiger partial charge in [-0.3, -0.25) is 14.5 Å². The van der Waals surface area contributed by atoms with E-state index in [0.29, 0.717) is 11.3 Å². The normalized spacial score (nSPS) is 10.3. The average molecular weight is 236 g/mol. The number of carbonyl (C=O) groups excluding carboxylic acids is 2. The van der Waals surface area contributed by atoms with Gasteiger partial charge < -0.3 is 10.5 Å². The van der Waals surface area contributed by atoms with Crippen molar-refractivity contribution >= 4 is 11.7 Å². The van der Waals surface area contributed by atoms with Gasteiger partial charge in [0.2, 0.25) is 5.91 Å². The number of benzene rings is 1. The fourth-order valence-corrected chi connectivity index (χ4v) is 1.44. The Bertz CT molecular complexity index is 401. The number of likely N-dealkylation sites (N-methyl/N-ethyl adjacent to an activating group) is 1. The highest BCUT2D eigenvalue weighted by Gasteiger charge is 2.10. The zero-order valence-electron chi connectivity index (χ0n) is 9.97. The first-order valence-electron chi connectivity index (χ1n) is 5.17. The lowest BCUT2D eigenvalue weighted by molar-refractivity contribution is -0.118. The second kappa shape index (κ2) is 6.00. The van der Waals surface area contributed by atoms with Gasteiger partial charge in [-0.25, -0.2) is 0 Å². The monoisotopic (exact) mass is 236 g/mol. The number of ether oxygens (including phenoxy) is 1. The van der Waals surface area contributed by atoms with E-state index >= 15 is 0 Å². The Kier molecular flexibility index (Phi) is 4.66. The Labute approximate surface area is 100 Å². The molecule has 0 aliphatic heterocycles. The lowest BCUT2D eigenvalue weighted by Gasteiger charge is -2.13. The van der Waals surface area contributed by atoms with E-state index in [1.54, 1.807) is 43.3 Å². The lowest BCUT2D eigenvalue weighted by Crippen LogP contribution is -2.34. The quantitative estimate of drug-likeness (QED) is 0.721. The van der Waals surface area contributed by atoms with Crippen LogP contribution < -0.4 is 10.5 Å². The van der Waals surface area contributed by atoms with E-state index < -0.39 is 5.91 Å². The molecule has 0 saturated heterocycles. The van der Waals surface area contributed by atoms with Crippen LogP contribution in [0.25, 0.3) is 0 Å². The molecule has 17 heavy (non-hydrogen) atoms. The number of rotatable bonds is 6. The van der Waals surface area contributed by atoms with E-state index in [4.69, 9.17) is 10.5 Å². The van der Waals surface area contributed by atoms with E-state index in [9.17, 15) is 9.59 Å². The Morgan fingerprint density at radius 1 is 1.24 bits per heavy atom. The predicted molar refractivity (Wildman–Crippen MR) is 64.0 cm³/mol. The lowest BCUT2D eigenvalue weighted by atomic mass is 10.1. The summed E-state index contributed by atoms with van der Waals surface area (Å²) in [4.78, 5) is 24.0. The number of hydrogen-bond acceptors (Lipinski definition) is 4. The van der Waals surface area contributed by atoms with Gasteiger partial charge >= 0.3 is 0 Å². The molecule has 92 valence electrons. The van der Waals surface area contributed by atoms with Crippen molar-refractivity contribution in [2.45, 2.75) is 0 Å². The van der Waals surface area contributed by atoms with Crippen molar-refractivity contribution in [2.75, 3.05) is 27.2 Å². The molecule has 0 spiro atoms. The summed E-state index contributed by atoms with van der Waals surface area (Å²) >= 11 is 0. The van der Waals surface area contributed by atoms with Crippen LogP contribution in [-0.2, 0) is 4.79 Å². The second-order valence-corrected chi connectivity index (χ2v) is 3.79. The highest BCUT2D eigenvalue weighted by Crippen LogP contribution is 2.11. The first-order chi connectivity index (χ1) is 8.02. The Balaban J connectivity index is 2.60. The number of methoxy groups -OCH3 is 1. The van der Waals surface area contributed by atoms with Gasteiger partial charge in [-0.15, -0.1) is 0 Å². The van der Waals surface area contributed by atoms with Gasteiger partial charge in [-0.05, 0) is 31.3 Å². The van der Waals surface area contributed by atoms with E-state index in [1.807, 2.05) is 0 Å². The van der Waals surface area contributed by atoms with E-state index in [-0.39, 0.29) is 18.9 Å². The van der Waals surface area contributed by atoms with E-state index in [1.165, 1.54) is 0 Å². The summed E-state index contributed by atoms with van der Waals surface area (Å²) in [6.45, 7) is 0.233. The fraction of sp³-hybridized carbons (Fsp3) is 0.333. The van der Waals surface area contributed by atoms with Crippen LogP contribution in [0, 0.1) is 0 Å². The Hall–Kier alpha value is -1.88. The Morgan fingerprint density at radius 3 is 2.29 bits per heavy atom. The molecular formula is C12H16N2O3. The van der Waals surface area contributed by atoms with Crippen LogP contribution in [0.5, 0.6) is 5.75 Å². The number of carbonyl (C=O) groups is 2. The minimum absolute atomic E-state index is 0.0589. The first-order valence-corrected chi connectivity index (χ1v) is 5.17. The highest BCUT2D eigenvalue weighted by molar-refractivity contribution is 5.97. The largest absolute Gasteiger partial charge is 0.497 e. The molecule has 1 aromatic rings. The number of primary amides is 1. The summed E-state index contributed by atoms with van der Waals surface area (Å²) in [6.07, 6.45) is 0. The first kappa shape index (κ1) is 13.2. The van der Waals surface area contributed by atoms with Crippen molar-refractivity contribution in [1.29, 1.82) is 0 Å². The van der Waals surface area contributed by atoms with Crippen LogP contribution in [0.15, 0.2) is 24.3 Å². The number of ketones is 1. The number of hydrogen-bond donors (Lipinski definition) is 1. The van der Waals surface area contributed by atoms with Crippen LogP contribution >= 0.6 is 0 Å². The molecule has 0 heterocycles. The zero-order chi connectivity index (χ0) is 12.8. The number of Topliss-reactive ketones (excluding diaryl/α,β-unsaturated/α-hetero) is 1. The van der Waals surface area contributed by atoms with Crippen LogP contribution in [0.3, 0.4) is 0 Å². The molecule has 0 fully saturated rings. The van der Waals surface area contributed by atoms with Crippen molar-refractivity contribution in [3.63, 3.8) is 0 Å². The highest BCUT2D eigenvalue weighted by atomic mass is 16.5. The maximum atomic E-state index is 11.8. The van der Waals surface area contributed by atoms with Crippen LogP contribution in [0.4, 0.5) is 0 Å². The maximum Gasteiger partial charge on any atom is 0.231 e. The number of amides is 1. The van der Waals surface area contributed by atoms with Gasteiger partial charge in [-0.1, -0.05) is 0 Å². The summed E-state index contributed by atoms with van der Waals surface area (Å²) in [5.74, 6) is 0.193. The summed E-state index contributed by atoms with van der Waals surface area (Å²) in [7, 11) is 3.24. The molecule has 0 unspecified atom stereocenters. The van der Waals surface area contributed by atoms with Crippen molar-refractivity contribution in [1.82, 2.24) is 4.90 Å². The minimum atomic E-state index is -0.449. The van der Waals surface area contributed by atoms with Gasteiger partial charge in [-0.2, -0.15) is 0 Å². The molecule has 0 saturated carbocycles. The topological polar surface area (TPSA) is 72.6 Å². The van der Waals surface area contributed by atoms with Gasteiger partial charge in [0.25, 0.3) is 0 Å². The van der Waals surface area contributed by atoms with Gasteiger partial charge in [0, 0.05) is 5.56 Å². The van der Waals surface area contributed by atoms with Gasteiger partial charge in [0.15, 0.2) is 5.78 Å². The molecule has 0 bridgehead atoms. The molecule has 0 atom stereocenters. The molecular weight excluding hydrogens is 220 g/mol. The second-order valence-electron chi connectivity index (χ2n) is 3.79. The Morgan fingerprint density at radius 2 is 1.82 bits per heavy atom. The molecule has 1 amide bonds. The third-order valence-corrected chi connectivity index (χ3v) is 2.25. The molecule has 0 aliphatic rings. The third kappa shape index (κ3) is 4.24. The summed E-state index contributed by atoms with van der Waals surface area (Å²) in [5, 5.41) is 0. The SMILES string of the molecule is COc1ccc(C(=O)CN(C)CC(N)=O)cc1. The smallest absolute Gasteiger partial charge is 0.231 e. The van der Waals surface area contributed by atoms with Crippen molar-refractivity contribution < 1.29 is 14.3 Å². The summed E-state index contributed by atoms with van der Waals surface area (Å²) in [5.41, 5.74) is 5.62. The molecule has 5 nitrogen and oxygen atoms in total. The molecule has 0 aliphatic carbocycles. The standard InChI is InChI=1S/C12H16N2O3/c1-14(8-12(13)16)7-11(15)9-3-5-10(17-2)6-4-9/h3-6H,7-8H2,1-2H3,(H2,13,16). The van der Waals surface area contributed by atoms with E-state index in [0.717, 1.165) is 0 Å². The summed E-state index contributed by atoms with van der Waals surface area (Å²) in [6, 6.07) is 6.83. The summed E-state index contributed by atoms with van der Waals surface area (Å²) < 4.78 is 5.00. The molecule has 1 aromatic carbocycles. The van der Waals surface area contributed by atoms with Crippen LogP contribution in [0.1, 0.15) is 10.4 Å². The minimum Gasteiger partial charge on any atom is -0.497 e. The van der Waals surface area contributed by atoms with Crippen LogP contribution in [0.2, 0.25) is 0 Å². The number of nitrogens with two attached hydrogens (primary N) is 1. The predicted octanol–water partition coefficient (Wildman–Crippen LogP) is 0.295. The van der Waals surface area contributed by atoms with E-state index in [2.05, 4.69) is 0 Å². The van der Waals surface area contributed by atoms with Crippen LogP contribution in [-0.4, -0.2) is 43.8 Å².